The van der Waals surface area contributed by atoms with Crippen molar-refractivity contribution in [2.24, 2.45) is 0 Å². The summed E-state index contributed by atoms with van der Waals surface area (Å²) in [7, 11) is 0. The summed E-state index contributed by atoms with van der Waals surface area (Å²) in [5.74, 6) is 0. The van der Waals surface area contributed by atoms with Crippen molar-refractivity contribution >= 4 is 44.8 Å². The molecule has 19 heavy (non-hydrogen) atoms. The van der Waals surface area contributed by atoms with Gasteiger partial charge in [-0.2, -0.15) is 0 Å². The lowest BCUT2D eigenvalue weighted by Gasteiger charge is -2.28. The Morgan fingerprint density at radius 2 is 2.26 bits per heavy atom. The van der Waals surface area contributed by atoms with Crippen molar-refractivity contribution in [1.29, 1.82) is 0 Å². The number of halogens is 2. The van der Waals surface area contributed by atoms with Crippen molar-refractivity contribution in [3.8, 4) is 0 Å². The Balaban J connectivity index is 0.00000133. The fraction of sp³-hybridized carbons (Fsp3) is 0.308. The quantitative estimate of drug-likeness (QED) is 0.891. The highest BCUT2D eigenvalue weighted by Crippen LogP contribution is 2.28. The van der Waals surface area contributed by atoms with Crippen LogP contribution in [-0.4, -0.2) is 16.4 Å². The van der Waals surface area contributed by atoms with Gasteiger partial charge in [0.05, 0.1) is 0 Å². The third-order valence-corrected chi connectivity index (χ3v) is 4.80. The second-order valence-corrected chi connectivity index (χ2v) is 6.50. The normalized spacial score (nSPS) is 14.8. The summed E-state index contributed by atoms with van der Waals surface area (Å²) in [6, 6.07) is 6.46. The fourth-order valence-corrected chi connectivity index (χ4v) is 3.61. The number of fused-ring (bicyclic) bond motifs is 1. The summed E-state index contributed by atoms with van der Waals surface area (Å²) in [4.78, 5) is 7.79. The number of nitrogens with two attached hydrogens (primary N) is 1. The monoisotopic (exact) mass is 359 g/mol. The molecule has 102 valence electrons. The Labute approximate surface area is 131 Å². The van der Waals surface area contributed by atoms with Crippen molar-refractivity contribution in [3.63, 3.8) is 0 Å². The number of nitrogen functional groups attached to an aromatic ring is 1. The number of hydrogen-bond acceptors (Lipinski definition) is 4. The van der Waals surface area contributed by atoms with E-state index in [2.05, 4.69) is 44.0 Å². The molecule has 0 fully saturated rings. The molecule has 1 aromatic carbocycles. The second-order valence-electron chi connectivity index (χ2n) is 4.50. The number of anilines is 1. The van der Waals surface area contributed by atoms with Crippen LogP contribution >= 0.6 is 39.7 Å². The van der Waals surface area contributed by atoms with Gasteiger partial charge in [0.2, 0.25) is 0 Å². The second kappa shape index (κ2) is 6.22. The van der Waals surface area contributed by atoms with Gasteiger partial charge in [-0.3, -0.25) is 4.90 Å². The SMILES string of the molecule is Cl.Nc1ncc(CN2CCc3cccc(Br)c3C2)s1. The lowest BCUT2D eigenvalue weighted by molar-refractivity contribution is 0.247. The summed E-state index contributed by atoms with van der Waals surface area (Å²) in [5.41, 5.74) is 8.55. The van der Waals surface area contributed by atoms with Crippen molar-refractivity contribution in [2.45, 2.75) is 19.5 Å². The number of rotatable bonds is 2. The molecule has 0 bridgehead atoms. The Morgan fingerprint density at radius 3 is 3.00 bits per heavy atom. The number of hydrogen-bond donors (Lipinski definition) is 1. The van der Waals surface area contributed by atoms with E-state index in [-0.39, 0.29) is 12.4 Å². The van der Waals surface area contributed by atoms with Crippen molar-refractivity contribution in [2.75, 3.05) is 12.3 Å². The van der Waals surface area contributed by atoms with E-state index in [1.54, 1.807) is 11.3 Å². The van der Waals surface area contributed by atoms with Gasteiger partial charge in [0.25, 0.3) is 0 Å². The number of nitrogens with zero attached hydrogens (tertiary/aromatic N) is 2. The third kappa shape index (κ3) is 3.28. The number of aromatic nitrogens is 1. The molecule has 0 aliphatic carbocycles. The molecule has 1 aliphatic rings. The molecule has 2 heterocycles. The van der Waals surface area contributed by atoms with Gasteiger partial charge in [0.15, 0.2) is 5.13 Å². The summed E-state index contributed by atoms with van der Waals surface area (Å²) >= 11 is 5.22. The average Bonchev–Trinajstić information content (AvgIpc) is 2.76. The highest BCUT2D eigenvalue weighted by Gasteiger charge is 2.18. The summed E-state index contributed by atoms with van der Waals surface area (Å²) in [6.07, 6.45) is 3.00. The molecule has 0 unspecified atom stereocenters. The highest BCUT2D eigenvalue weighted by atomic mass is 79.9. The number of benzene rings is 1. The maximum atomic E-state index is 5.67. The van der Waals surface area contributed by atoms with E-state index in [1.807, 2.05) is 6.20 Å². The van der Waals surface area contributed by atoms with E-state index >= 15 is 0 Å². The third-order valence-electron chi connectivity index (χ3n) is 3.25. The molecule has 1 aromatic heterocycles. The maximum Gasteiger partial charge on any atom is 0.180 e. The largest absolute Gasteiger partial charge is 0.375 e. The van der Waals surface area contributed by atoms with Crippen LogP contribution in [0.1, 0.15) is 16.0 Å². The summed E-state index contributed by atoms with van der Waals surface area (Å²) in [6.45, 7) is 3.03. The van der Waals surface area contributed by atoms with E-state index in [0.717, 1.165) is 26.1 Å². The van der Waals surface area contributed by atoms with Crippen LogP contribution in [0.4, 0.5) is 5.13 Å². The first-order valence-electron chi connectivity index (χ1n) is 5.91. The van der Waals surface area contributed by atoms with Gasteiger partial charge in [-0.05, 0) is 23.6 Å². The van der Waals surface area contributed by atoms with Gasteiger partial charge in [-0.1, -0.05) is 28.1 Å². The molecule has 0 saturated carbocycles. The van der Waals surface area contributed by atoms with E-state index in [0.29, 0.717) is 5.13 Å². The van der Waals surface area contributed by atoms with Crippen LogP contribution in [0.2, 0.25) is 0 Å². The number of thiazole rings is 1. The van der Waals surface area contributed by atoms with Gasteiger partial charge >= 0.3 is 0 Å². The molecule has 0 amide bonds. The Bertz CT molecular complexity index is 573. The molecule has 0 radical (unpaired) electrons. The van der Waals surface area contributed by atoms with Crippen LogP contribution in [0.15, 0.2) is 28.9 Å². The van der Waals surface area contributed by atoms with Gasteiger partial charge in [-0.25, -0.2) is 4.98 Å². The van der Waals surface area contributed by atoms with Crippen LogP contribution in [0, 0.1) is 0 Å². The lowest BCUT2D eigenvalue weighted by atomic mass is 10.00. The van der Waals surface area contributed by atoms with Gasteiger partial charge in [-0.15, -0.1) is 23.7 Å². The standard InChI is InChI=1S/C13H14BrN3S.ClH/c14-12-3-1-2-9-4-5-17(8-11(9)12)7-10-6-16-13(15)18-10;/h1-3,6H,4-5,7-8H2,(H2,15,16);1H. The van der Waals surface area contributed by atoms with Crippen LogP contribution in [-0.2, 0) is 19.5 Å². The van der Waals surface area contributed by atoms with Crippen molar-refractivity contribution < 1.29 is 0 Å². The average molecular weight is 361 g/mol. The zero-order valence-electron chi connectivity index (χ0n) is 10.3. The smallest absolute Gasteiger partial charge is 0.180 e. The minimum Gasteiger partial charge on any atom is -0.375 e. The maximum absolute atomic E-state index is 5.67. The Morgan fingerprint density at radius 1 is 1.42 bits per heavy atom. The highest BCUT2D eigenvalue weighted by molar-refractivity contribution is 9.10. The Kier molecular flexibility index (Phi) is 4.84. The van der Waals surface area contributed by atoms with Gasteiger partial charge in [0.1, 0.15) is 0 Å². The van der Waals surface area contributed by atoms with E-state index in [1.165, 1.54) is 20.5 Å². The first-order chi connectivity index (χ1) is 8.72. The molecular formula is C13H15BrClN3S. The topological polar surface area (TPSA) is 42.1 Å². The molecule has 3 nitrogen and oxygen atoms in total. The predicted molar refractivity (Wildman–Crippen MR) is 85.7 cm³/mol. The molecule has 3 rings (SSSR count). The molecule has 0 atom stereocenters. The molecule has 6 heteroatoms. The van der Waals surface area contributed by atoms with Crippen LogP contribution < -0.4 is 5.73 Å². The lowest BCUT2D eigenvalue weighted by Crippen LogP contribution is -2.30. The first kappa shape index (κ1) is 14.8. The van der Waals surface area contributed by atoms with E-state index in [4.69, 9.17) is 5.73 Å². The van der Waals surface area contributed by atoms with Gasteiger partial charge in [0, 0.05) is 35.2 Å². The van der Waals surface area contributed by atoms with Crippen LogP contribution in [0.3, 0.4) is 0 Å². The zero-order valence-corrected chi connectivity index (χ0v) is 13.5. The van der Waals surface area contributed by atoms with Gasteiger partial charge < -0.3 is 5.73 Å². The minimum atomic E-state index is 0. The van der Waals surface area contributed by atoms with Crippen LogP contribution in [0.5, 0.6) is 0 Å². The predicted octanol–water partition coefficient (Wildman–Crippen LogP) is 3.47. The minimum absolute atomic E-state index is 0. The molecule has 1 aliphatic heterocycles. The molecule has 2 N–H and O–H groups in total. The fourth-order valence-electron chi connectivity index (χ4n) is 2.35. The molecule has 0 saturated heterocycles. The van der Waals surface area contributed by atoms with Crippen molar-refractivity contribution in [3.05, 3.63) is 44.9 Å². The molecule has 2 aromatic rings. The summed E-state index contributed by atoms with van der Waals surface area (Å²) < 4.78 is 1.22. The van der Waals surface area contributed by atoms with Crippen molar-refractivity contribution in [1.82, 2.24) is 9.88 Å². The molecule has 0 spiro atoms. The molecular weight excluding hydrogens is 346 g/mol. The summed E-state index contributed by atoms with van der Waals surface area (Å²) in [5, 5.41) is 0.656. The zero-order chi connectivity index (χ0) is 12.5. The Hall–Kier alpha value is -0.620. The van der Waals surface area contributed by atoms with E-state index < -0.39 is 0 Å². The first-order valence-corrected chi connectivity index (χ1v) is 7.52. The van der Waals surface area contributed by atoms with E-state index in [9.17, 15) is 0 Å². The van der Waals surface area contributed by atoms with Crippen LogP contribution in [0.25, 0.3) is 0 Å².